The fraction of sp³-hybridized carbons (Fsp3) is 0.500. The highest BCUT2D eigenvalue weighted by Crippen LogP contribution is 2.26. The van der Waals surface area contributed by atoms with Gasteiger partial charge in [-0.1, -0.05) is 6.07 Å². The van der Waals surface area contributed by atoms with Crippen molar-refractivity contribution in [1.82, 2.24) is 16.4 Å². The van der Waals surface area contributed by atoms with Crippen molar-refractivity contribution in [3.63, 3.8) is 0 Å². The molecule has 1 aliphatic carbocycles. The molecule has 1 aromatic rings. The van der Waals surface area contributed by atoms with E-state index in [2.05, 4.69) is 16.4 Å². The lowest BCUT2D eigenvalue weighted by atomic mass is 9.83. The molecule has 1 aliphatic heterocycles. The number of nitrogens with one attached hydrogen (secondary N) is 3. The largest absolute Gasteiger partial charge is 0.462 e. The molecule has 2 aliphatic rings. The quantitative estimate of drug-likeness (QED) is 0.734. The lowest BCUT2D eigenvalue weighted by molar-refractivity contribution is 0.0385. The molecule has 0 spiro atoms. The van der Waals surface area contributed by atoms with Crippen LogP contribution in [0.4, 0.5) is 8.78 Å². The van der Waals surface area contributed by atoms with Gasteiger partial charge in [0.05, 0.1) is 6.61 Å². The zero-order chi connectivity index (χ0) is 14.8. The van der Waals surface area contributed by atoms with E-state index in [4.69, 9.17) is 4.74 Å². The number of carbonyl (C=O) groups is 1. The molecule has 3 unspecified atom stereocenters. The van der Waals surface area contributed by atoms with E-state index in [1.807, 2.05) is 0 Å². The molecule has 3 atom stereocenters. The van der Waals surface area contributed by atoms with Crippen LogP contribution in [0.5, 0.6) is 0 Å². The minimum Gasteiger partial charge on any atom is -0.462 e. The summed E-state index contributed by atoms with van der Waals surface area (Å²) in [4.78, 5) is 11.8. The van der Waals surface area contributed by atoms with E-state index in [1.165, 1.54) is 6.07 Å². The van der Waals surface area contributed by atoms with Gasteiger partial charge in [0.2, 0.25) is 0 Å². The van der Waals surface area contributed by atoms with E-state index in [9.17, 15) is 13.6 Å². The van der Waals surface area contributed by atoms with E-state index in [1.54, 1.807) is 0 Å². The third-order valence-corrected chi connectivity index (χ3v) is 4.09. The van der Waals surface area contributed by atoms with Gasteiger partial charge in [-0.05, 0) is 37.3 Å². The maximum atomic E-state index is 13.5. The summed E-state index contributed by atoms with van der Waals surface area (Å²) in [6, 6.07) is 3.97. The Morgan fingerprint density at radius 3 is 2.67 bits per heavy atom. The van der Waals surface area contributed by atoms with E-state index in [-0.39, 0.29) is 18.6 Å². The number of fused-ring (bicyclic) bond motifs is 1. The van der Waals surface area contributed by atoms with Gasteiger partial charge in [-0.25, -0.2) is 24.4 Å². The van der Waals surface area contributed by atoms with E-state index in [0.29, 0.717) is 6.04 Å². The molecule has 5 nitrogen and oxygen atoms in total. The molecule has 1 saturated heterocycles. The number of esters is 1. The molecule has 114 valence electrons. The topological polar surface area (TPSA) is 62.4 Å². The van der Waals surface area contributed by atoms with E-state index < -0.39 is 23.2 Å². The fourth-order valence-electron chi connectivity index (χ4n) is 2.93. The summed E-state index contributed by atoms with van der Waals surface area (Å²) >= 11 is 0. The molecular weight excluding hydrogens is 280 g/mol. The van der Waals surface area contributed by atoms with E-state index >= 15 is 0 Å². The van der Waals surface area contributed by atoms with Gasteiger partial charge in [-0.2, -0.15) is 5.53 Å². The fourth-order valence-corrected chi connectivity index (χ4v) is 2.93. The third-order valence-electron chi connectivity index (χ3n) is 4.09. The number of benzene rings is 1. The average molecular weight is 297 g/mol. The Balaban J connectivity index is 1.56. The van der Waals surface area contributed by atoms with Gasteiger partial charge >= 0.3 is 5.97 Å². The number of hydrazine groups is 2. The summed E-state index contributed by atoms with van der Waals surface area (Å²) in [7, 11) is 0. The minimum absolute atomic E-state index is 0.178. The van der Waals surface area contributed by atoms with Crippen LogP contribution in [0.25, 0.3) is 0 Å². The van der Waals surface area contributed by atoms with Crippen LogP contribution in [0.15, 0.2) is 18.2 Å². The Kier molecular flexibility index (Phi) is 4.14. The molecule has 0 amide bonds. The zero-order valence-electron chi connectivity index (χ0n) is 11.4. The van der Waals surface area contributed by atoms with Crippen LogP contribution in [0.2, 0.25) is 0 Å². The van der Waals surface area contributed by atoms with Crippen LogP contribution in [0, 0.1) is 17.6 Å². The summed E-state index contributed by atoms with van der Waals surface area (Å²) in [5.74, 6) is -2.54. The average Bonchev–Trinajstić information content (AvgIpc) is 2.92. The van der Waals surface area contributed by atoms with Crippen LogP contribution >= 0.6 is 0 Å². The predicted molar refractivity (Wildman–Crippen MR) is 71.0 cm³/mol. The number of carbonyl (C=O) groups excluding carboxylic acids is 1. The van der Waals surface area contributed by atoms with Crippen LogP contribution in [0.1, 0.15) is 29.6 Å². The van der Waals surface area contributed by atoms with Gasteiger partial charge in [0.15, 0.2) is 0 Å². The predicted octanol–water partition coefficient (Wildman–Crippen LogP) is 1.27. The second-order valence-corrected chi connectivity index (χ2v) is 5.50. The van der Waals surface area contributed by atoms with Crippen LogP contribution in [-0.4, -0.2) is 24.7 Å². The Bertz CT molecular complexity index is 521. The Morgan fingerprint density at radius 2 is 1.90 bits per heavy atom. The lowest BCUT2D eigenvalue weighted by Crippen LogP contribution is -2.40. The van der Waals surface area contributed by atoms with Crippen molar-refractivity contribution in [3.05, 3.63) is 35.4 Å². The van der Waals surface area contributed by atoms with Crippen molar-refractivity contribution in [2.75, 3.05) is 6.61 Å². The number of rotatable bonds is 3. The standard InChI is InChI=1S/C14H17F2N3O2/c15-9-2-1-3-10(16)13(9)14(20)21-7-8-4-5-11-12(6-8)18-19-17-11/h1-3,8,11-12,17-19H,4-7H2. The molecule has 3 N–H and O–H groups in total. The second kappa shape index (κ2) is 6.05. The van der Waals surface area contributed by atoms with Crippen LogP contribution in [-0.2, 0) is 4.74 Å². The van der Waals surface area contributed by atoms with E-state index in [0.717, 1.165) is 31.4 Å². The summed E-state index contributed by atoms with van der Waals surface area (Å²) in [5, 5.41) is 0. The highest BCUT2D eigenvalue weighted by atomic mass is 19.1. The van der Waals surface area contributed by atoms with Gasteiger partial charge in [0, 0.05) is 12.1 Å². The SMILES string of the molecule is O=C(OCC1CCC2NNNC2C1)c1c(F)cccc1F. The Hall–Kier alpha value is -1.57. The van der Waals surface area contributed by atoms with Gasteiger partial charge in [0.1, 0.15) is 17.2 Å². The molecule has 3 rings (SSSR count). The van der Waals surface area contributed by atoms with Gasteiger partial charge < -0.3 is 4.74 Å². The smallest absolute Gasteiger partial charge is 0.344 e. The van der Waals surface area contributed by atoms with Crippen molar-refractivity contribution in [3.8, 4) is 0 Å². The normalized spacial score (nSPS) is 28.2. The van der Waals surface area contributed by atoms with Crippen molar-refractivity contribution in [1.29, 1.82) is 0 Å². The number of ether oxygens (including phenoxy) is 1. The molecule has 1 heterocycles. The van der Waals surface area contributed by atoms with Crippen molar-refractivity contribution in [2.24, 2.45) is 5.92 Å². The van der Waals surface area contributed by atoms with Crippen LogP contribution in [0.3, 0.4) is 0 Å². The van der Waals surface area contributed by atoms with Gasteiger partial charge in [-0.3, -0.25) is 0 Å². The summed E-state index contributed by atoms with van der Waals surface area (Å²) in [5.41, 5.74) is 8.49. The molecule has 2 fully saturated rings. The van der Waals surface area contributed by atoms with Crippen LogP contribution < -0.4 is 16.4 Å². The molecule has 0 radical (unpaired) electrons. The molecule has 0 bridgehead atoms. The molecule has 21 heavy (non-hydrogen) atoms. The first-order chi connectivity index (χ1) is 10.1. The van der Waals surface area contributed by atoms with Gasteiger partial charge in [-0.15, -0.1) is 0 Å². The number of hydrogen-bond donors (Lipinski definition) is 3. The van der Waals surface area contributed by atoms with Crippen molar-refractivity contribution >= 4 is 5.97 Å². The molecule has 1 saturated carbocycles. The number of hydrogen-bond acceptors (Lipinski definition) is 5. The van der Waals surface area contributed by atoms with Gasteiger partial charge in [0.25, 0.3) is 0 Å². The minimum atomic E-state index is -0.941. The highest BCUT2D eigenvalue weighted by Gasteiger charge is 2.34. The first-order valence-electron chi connectivity index (χ1n) is 7.02. The first kappa shape index (κ1) is 14.4. The summed E-state index contributed by atoms with van der Waals surface area (Å²) in [6.45, 7) is 0.178. The molecule has 1 aromatic carbocycles. The lowest BCUT2D eigenvalue weighted by Gasteiger charge is -2.29. The molecule has 0 aromatic heterocycles. The maximum Gasteiger partial charge on any atom is 0.344 e. The third kappa shape index (κ3) is 3.04. The summed E-state index contributed by atoms with van der Waals surface area (Å²) < 4.78 is 32.0. The molecular formula is C14H17F2N3O2. The van der Waals surface area contributed by atoms with Crippen molar-refractivity contribution < 1.29 is 18.3 Å². The Morgan fingerprint density at radius 1 is 1.19 bits per heavy atom. The zero-order valence-corrected chi connectivity index (χ0v) is 11.4. The molecule has 7 heteroatoms. The number of halogens is 2. The highest BCUT2D eigenvalue weighted by molar-refractivity contribution is 5.90. The maximum absolute atomic E-state index is 13.5. The van der Waals surface area contributed by atoms with Crippen molar-refractivity contribution in [2.45, 2.75) is 31.3 Å². The first-order valence-corrected chi connectivity index (χ1v) is 7.02. The monoisotopic (exact) mass is 297 g/mol. The second-order valence-electron chi connectivity index (χ2n) is 5.50. The summed E-state index contributed by atoms with van der Waals surface area (Å²) in [6.07, 6.45) is 2.71. The Labute approximate surface area is 121 Å².